The molecular weight excluding hydrogens is 591 g/mol. The van der Waals surface area contributed by atoms with Crippen molar-refractivity contribution >= 4 is 51.4 Å². The van der Waals surface area contributed by atoms with E-state index in [1.165, 1.54) is 6.08 Å². The van der Waals surface area contributed by atoms with E-state index < -0.39 is 0 Å². The summed E-state index contributed by atoms with van der Waals surface area (Å²) in [5.74, 6) is 2.51. The Morgan fingerprint density at radius 3 is 2.49 bits per heavy atom. The van der Waals surface area contributed by atoms with Gasteiger partial charge in [-0.05, 0) is 50.3 Å². The van der Waals surface area contributed by atoms with Crippen LogP contribution in [0.25, 0.3) is 22.0 Å². The number of hydrogen-bond donors (Lipinski definition) is 1. The van der Waals surface area contributed by atoms with Crippen LogP contribution in [0, 0.1) is 5.92 Å². The number of aromatic nitrogens is 2. The van der Waals surface area contributed by atoms with Gasteiger partial charge in [-0.3, -0.25) is 4.79 Å². The molecule has 5 rings (SSSR count). The molecule has 2 aromatic heterocycles. The summed E-state index contributed by atoms with van der Waals surface area (Å²) in [4.78, 5) is 24.3. The molecule has 2 aliphatic rings. The predicted octanol–water partition coefficient (Wildman–Crippen LogP) is 6.59. The molecule has 0 bridgehead atoms. The number of nitrogens with one attached hydrogen (secondary N) is 1. The first-order chi connectivity index (χ1) is 20.7. The molecule has 0 spiro atoms. The number of hydrogen-bond acceptors (Lipinski definition) is 9. The SMILES string of the molecule is C=CC(=O)C[C@H]1CCOC[C@H]1Nc1cc2c(N3CCC(C)(OC)CC3)nc(-c3c(Cl)c(OC)cc(OC)c3Cl)cc2cn1. The predicted molar refractivity (Wildman–Crippen MR) is 171 cm³/mol. The summed E-state index contributed by atoms with van der Waals surface area (Å²) < 4.78 is 22.6. The Hall–Kier alpha value is -3.11. The smallest absolute Gasteiger partial charge is 0.155 e. The lowest BCUT2D eigenvalue weighted by atomic mass is 9.89. The van der Waals surface area contributed by atoms with Gasteiger partial charge in [-0.15, -0.1) is 0 Å². The second kappa shape index (κ2) is 13.3. The van der Waals surface area contributed by atoms with Crippen LogP contribution in [0.5, 0.6) is 11.5 Å². The topological polar surface area (TPSA) is 95.0 Å². The van der Waals surface area contributed by atoms with Crippen molar-refractivity contribution in [3.8, 4) is 22.8 Å². The zero-order valence-electron chi connectivity index (χ0n) is 25.0. The van der Waals surface area contributed by atoms with E-state index in [9.17, 15) is 4.79 Å². The van der Waals surface area contributed by atoms with Gasteiger partial charge in [0, 0.05) is 61.8 Å². The number of carbonyl (C=O) groups excluding carboxylic acids is 1. The highest BCUT2D eigenvalue weighted by atomic mass is 35.5. The molecule has 4 heterocycles. The first-order valence-electron chi connectivity index (χ1n) is 14.4. The van der Waals surface area contributed by atoms with Gasteiger partial charge >= 0.3 is 0 Å². The van der Waals surface area contributed by atoms with Gasteiger partial charge in [0.05, 0.1) is 48.2 Å². The normalized spacial score (nSPS) is 20.1. The number of ketones is 1. The quantitative estimate of drug-likeness (QED) is 0.249. The van der Waals surface area contributed by atoms with Crippen molar-refractivity contribution in [3.05, 3.63) is 47.1 Å². The van der Waals surface area contributed by atoms with Gasteiger partial charge in [0.1, 0.15) is 23.1 Å². The molecule has 1 aromatic carbocycles. The fourth-order valence-corrected chi connectivity index (χ4v) is 6.49. The van der Waals surface area contributed by atoms with Gasteiger partial charge in [-0.1, -0.05) is 29.8 Å². The molecule has 2 fully saturated rings. The van der Waals surface area contributed by atoms with Gasteiger partial charge in [0.25, 0.3) is 0 Å². The average molecular weight is 630 g/mol. The fourth-order valence-electron chi connectivity index (χ4n) is 5.80. The first kappa shape index (κ1) is 31.3. The Bertz CT molecular complexity index is 1480. The monoisotopic (exact) mass is 628 g/mol. The molecule has 230 valence electrons. The van der Waals surface area contributed by atoms with Crippen LogP contribution in [0.2, 0.25) is 10.0 Å². The summed E-state index contributed by atoms with van der Waals surface area (Å²) in [6.45, 7) is 8.41. The summed E-state index contributed by atoms with van der Waals surface area (Å²) in [6.07, 6.45) is 6.12. The molecule has 0 radical (unpaired) electrons. The molecule has 1 N–H and O–H groups in total. The van der Waals surface area contributed by atoms with E-state index in [1.54, 1.807) is 27.4 Å². The van der Waals surface area contributed by atoms with E-state index >= 15 is 0 Å². The van der Waals surface area contributed by atoms with Gasteiger partial charge in [-0.25, -0.2) is 9.97 Å². The third kappa shape index (κ3) is 6.55. The number of benzene rings is 1. The second-order valence-corrected chi connectivity index (χ2v) is 12.1. The van der Waals surface area contributed by atoms with Crippen molar-refractivity contribution in [2.75, 3.05) is 57.8 Å². The van der Waals surface area contributed by atoms with Crippen molar-refractivity contribution in [2.24, 2.45) is 5.92 Å². The highest BCUT2D eigenvalue weighted by molar-refractivity contribution is 6.41. The van der Waals surface area contributed by atoms with Crippen molar-refractivity contribution in [1.29, 1.82) is 0 Å². The third-order valence-electron chi connectivity index (χ3n) is 8.66. The number of nitrogens with zero attached hydrogens (tertiary/aromatic N) is 3. The molecule has 0 saturated carbocycles. The molecule has 43 heavy (non-hydrogen) atoms. The molecule has 2 atom stereocenters. The zero-order chi connectivity index (χ0) is 30.7. The van der Waals surface area contributed by atoms with E-state index in [-0.39, 0.29) is 23.3 Å². The lowest BCUT2D eigenvalue weighted by Crippen LogP contribution is -2.44. The standard InChI is InChI=1S/C32H38Cl2N4O5/c1-6-21(39)13-19-7-12-43-18-24(19)36-27-15-22-20(17-35-27)14-23(28-29(33)25(40-3)16-26(41-4)30(28)34)37-31(22)38-10-8-32(2,42-5)9-11-38/h6,14-17,19,24H,1,7-13,18H2,2-5H3,(H,35,36)/t19-,24-/m1/s1. The minimum absolute atomic E-state index is 0.0313. The third-order valence-corrected chi connectivity index (χ3v) is 9.41. The maximum Gasteiger partial charge on any atom is 0.155 e. The molecule has 3 aromatic rings. The highest BCUT2D eigenvalue weighted by Gasteiger charge is 2.32. The Morgan fingerprint density at radius 2 is 1.86 bits per heavy atom. The molecule has 9 nitrogen and oxygen atoms in total. The Balaban J connectivity index is 1.59. The van der Waals surface area contributed by atoms with Crippen LogP contribution in [0.4, 0.5) is 11.6 Å². The fraction of sp³-hybridized carbons (Fsp3) is 0.469. The summed E-state index contributed by atoms with van der Waals surface area (Å²) in [5.41, 5.74) is 0.919. The minimum atomic E-state index is -0.191. The number of allylic oxidation sites excluding steroid dienone is 1. The van der Waals surface area contributed by atoms with Crippen molar-refractivity contribution in [3.63, 3.8) is 0 Å². The van der Waals surface area contributed by atoms with Crippen LogP contribution in [0.1, 0.15) is 32.6 Å². The molecule has 2 saturated heterocycles. The van der Waals surface area contributed by atoms with Crippen molar-refractivity contribution in [1.82, 2.24) is 9.97 Å². The maximum absolute atomic E-state index is 12.2. The summed E-state index contributed by atoms with van der Waals surface area (Å²) in [7, 11) is 4.86. The number of halogens is 2. The lowest BCUT2D eigenvalue weighted by Gasteiger charge is -2.39. The molecule has 0 aliphatic carbocycles. The lowest BCUT2D eigenvalue weighted by molar-refractivity contribution is -0.116. The van der Waals surface area contributed by atoms with Gasteiger partial charge in [0.2, 0.25) is 0 Å². The number of carbonyl (C=O) groups is 1. The minimum Gasteiger partial charge on any atom is -0.495 e. The van der Waals surface area contributed by atoms with E-state index in [1.807, 2.05) is 18.3 Å². The Morgan fingerprint density at radius 1 is 1.16 bits per heavy atom. The maximum atomic E-state index is 12.2. The highest BCUT2D eigenvalue weighted by Crippen LogP contribution is 2.47. The molecular formula is C32H38Cl2N4O5. The van der Waals surface area contributed by atoms with E-state index in [2.05, 4.69) is 23.7 Å². The van der Waals surface area contributed by atoms with Crippen LogP contribution in [-0.2, 0) is 14.3 Å². The molecule has 11 heteroatoms. The number of rotatable bonds is 10. The zero-order valence-corrected chi connectivity index (χ0v) is 26.6. The summed E-state index contributed by atoms with van der Waals surface area (Å²) in [6, 6.07) is 5.55. The molecule has 0 amide bonds. The number of ether oxygens (including phenoxy) is 4. The second-order valence-electron chi connectivity index (χ2n) is 11.3. The Labute approximate surface area is 262 Å². The first-order valence-corrected chi connectivity index (χ1v) is 15.2. The van der Waals surface area contributed by atoms with E-state index in [0.29, 0.717) is 58.3 Å². The number of fused-ring (bicyclic) bond motifs is 1. The van der Waals surface area contributed by atoms with Crippen LogP contribution < -0.4 is 19.7 Å². The molecule has 0 unspecified atom stereocenters. The average Bonchev–Trinajstić information content (AvgIpc) is 3.02. The van der Waals surface area contributed by atoms with Crippen molar-refractivity contribution in [2.45, 2.75) is 44.2 Å². The van der Waals surface area contributed by atoms with Crippen LogP contribution in [0.15, 0.2) is 37.1 Å². The van der Waals surface area contributed by atoms with Crippen LogP contribution >= 0.6 is 23.2 Å². The number of pyridine rings is 2. The number of anilines is 2. The van der Waals surface area contributed by atoms with E-state index in [4.69, 9.17) is 52.1 Å². The van der Waals surface area contributed by atoms with Gasteiger partial charge in [0.15, 0.2) is 5.78 Å². The number of methoxy groups -OCH3 is 3. The van der Waals surface area contributed by atoms with Crippen molar-refractivity contribution < 1.29 is 23.7 Å². The number of piperidine rings is 1. The summed E-state index contributed by atoms with van der Waals surface area (Å²) in [5, 5.41) is 6.03. The molecule has 2 aliphatic heterocycles. The van der Waals surface area contributed by atoms with Gasteiger partial charge < -0.3 is 29.2 Å². The van der Waals surface area contributed by atoms with Crippen LogP contribution in [0.3, 0.4) is 0 Å². The summed E-state index contributed by atoms with van der Waals surface area (Å²) >= 11 is 13.6. The largest absolute Gasteiger partial charge is 0.495 e. The van der Waals surface area contributed by atoms with Crippen LogP contribution in [-0.4, -0.2) is 75.0 Å². The van der Waals surface area contributed by atoms with E-state index in [0.717, 1.165) is 48.9 Å². The Kier molecular flexibility index (Phi) is 9.66. The van der Waals surface area contributed by atoms with Gasteiger partial charge in [-0.2, -0.15) is 0 Å².